The van der Waals surface area contributed by atoms with Crippen LogP contribution in [-0.2, 0) is 32.1 Å². The van der Waals surface area contributed by atoms with Crippen molar-refractivity contribution in [2.24, 2.45) is 35.3 Å². The summed E-state index contributed by atoms with van der Waals surface area (Å²) in [6.45, 7) is 1.02. The molecule has 1 aromatic rings. The summed E-state index contributed by atoms with van der Waals surface area (Å²) in [7, 11) is 4.88. The van der Waals surface area contributed by atoms with Gasteiger partial charge in [-0.1, -0.05) is 0 Å². The monoisotopic (exact) mass is 529 g/mol. The molecule has 0 aromatic heterocycles. The normalized spacial score (nSPS) is 32.9. The Hall–Kier alpha value is -3.02. The Labute approximate surface area is 218 Å². The van der Waals surface area contributed by atoms with E-state index in [1.54, 1.807) is 0 Å². The molecule has 1 amide bonds. The number of rotatable bonds is 6. The molecule has 5 rings (SSSR count). The van der Waals surface area contributed by atoms with Crippen molar-refractivity contribution in [3.05, 3.63) is 28.6 Å². The summed E-state index contributed by atoms with van der Waals surface area (Å²) in [6, 6.07) is -0.00627. The number of Topliss-reactive ketones (excluding diaryl/α,β-unsaturated/α-hetero) is 4. The van der Waals surface area contributed by atoms with Crippen molar-refractivity contribution in [2.45, 2.75) is 43.9 Å². The van der Waals surface area contributed by atoms with Gasteiger partial charge in [0.05, 0.1) is 17.5 Å². The van der Waals surface area contributed by atoms with Crippen LogP contribution in [0.4, 0.5) is 4.39 Å². The number of ketones is 4. The Morgan fingerprint density at radius 3 is 2.39 bits per heavy atom. The zero-order chi connectivity index (χ0) is 27.8. The van der Waals surface area contributed by atoms with Crippen molar-refractivity contribution < 1.29 is 38.6 Å². The SMILES string of the molecule is CN(Cc1cc(O)c2c(c1F)C[C@H]1C[C@H]3[C@H](N(C)C)C(=O)C(C(N)=O)C(=O)[C@@]3(O)C(=O)C1C2=O)CC1CC1. The van der Waals surface area contributed by atoms with E-state index in [1.807, 2.05) is 11.9 Å². The number of benzene rings is 1. The van der Waals surface area contributed by atoms with Gasteiger partial charge in [0.25, 0.3) is 0 Å². The zero-order valence-corrected chi connectivity index (χ0v) is 21.6. The second-order valence-electron chi connectivity index (χ2n) is 11.7. The number of hydrogen-bond donors (Lipinski definition) is 3. The highest BCUT2D eigenvalue weighted by molar-refractivity contribution is 6.32. The van der Waals surface area contributed by atoms with Crippen LogP contribution in [0.1, 0.15) is 40.7 Å². The molecule has 10 nitrogen and oxygen atoms in total. The number of aliphatic hydroxyl groups is 1. The lowest BCUT2D eigenvalue weighted by atomic mass is 9.52. The third kappa shape index (κ3) is 3.82. The summed E-state index contributed by atoms with van der Waals surface area (Å²) >= 11 is 0. The van der Waals surface area contributed by atoms with Gasteiger partial charge < -0.3 is 20.8 Å². The van der Waals surface area contributed by atoms with Crippen LogP contribution < -0.4 is 5.73 Å². The smallest absolute Gasteiger partial charge is 0.235 e. The average Bonchev–Trinajstić information content (AvgIpc) is 3.62. The van der Waals surface area contributed by atoms with E-state index in [1.165, 1.54) is 25.1 Å². The molecule has 2 unspecified atom stereocenters. The van der Waals surface area contributed by atoms with Crippen molar-refractivity contribution >= 4 is 29.0 Å². The number of likely N-dealkylation sites (N-methyl/N-ethyl adjacent to an activating group) is 1. The topological polar surface area (TPSA) is 158 Å². The minimum atomic E-state index is -2.80. The molecule has 1 aromatic carbocycles. The molecule has 4 N–H and O–H groups in total. The molecule has 204 valence electrons. The number of nitrogens with zero attached hydrogens (tertiary/aromatic N) is 2. The number of carbonyl (C=O) groups is 5. The first-order valence-corrected chi connectivity index (χ1v) is 12.8. The number of fused-ring (bicyclic) bond motifs is 3. The fraction of sp³-hybridized carbons (Fsp3) is 0.593. The fourth-order valence-electron chi connectivity index (χ4n) is 6.92. The van der Waals surface area contributed by atoms with Crippen LogP contribution in [0.3, 0.4) is 0 Å². The van der Waals surface area contributed by atoms with Crippen LogP contribution >= 0.6 is 0 Å². The van der Waals surface area contributed by atoms with Crippen LogP contribution in [0.5, 0.6) is 5.75 Å². The molecule has 4 aliphatic carbocycles. The number of aromatic hydroxyl groups is 1. The van der Waals surface area contributed by atoms with Gasteiger partial charge in [0.15, 0.2) is 34.7 Å². The summed E-state index contributed by atoms with van der Waals surface area (Å²) in [5.74, 6) is -11.6. The van der Waals surface area contributed by atoms with Crippen molar-refractivity contribution in [1.82, 2.24) is 9.80 Å². The van der Waals surface area contributed by atoms with Crippen molar-refractivity contribution in [3.8, 4) is 5.75 Å². The van der Waals surface area contributed by atoms with Gasteiger partial charge in [-0.2, -0.15) is 0 Å². The quantitative estimate of drug-likeness (QED) is 0.426. The van der Waals surface area contributed by atoms with Gasteiger partial charge in [0.1, 0.15) is 11.6 Å². The minimum absolute atomic E-state index is 0.00538. The maximum Gasteiger partial charge on any atom is 0.235 e. The predicted molar refractivity (Wildman–Crippen MR) is 130 cm³/mol. The first kappa shape index (κ1) is 26.6. The summed E-state index contributed by atoms with van der Waals surface area (Å²) in [6.07, 6.45) is 2.04. The van der Waals surface area contributed by atoms with Gasteiger partial charge in [0, 0.05) is 30.1 Å². The summed E-state index contributed by atoms with van der Waals surface area (Å²) in [4.78, 5) is 69.1. The highest BCUT2D eigenvalue weighted by Crippen LogP contribution is 2.51. The molecule has 6 atom stereocenters. The Morgan fingerprint density at radius 2 is 1.82 bits per heavy atom. The predicted octanol–water partition coefficient (Wildman–Crippen LogP) is -0.152. The van der Waals surface area contributed by atoms with Crippen molar-refractivity contribution in [3.63, 3.8) is 0 Å². The molecule has 0 radical (unpaired) electrons. The maximum absolute atomic E-state index is 15.8. The van der Waals surface area contributed by atoms with E-state index in [9.17, 15) is 34.2 Å². The standard InChI is InChI=1S/C27H32FN3O7/c1-30(2)21-15-7-12-6-14-18(16(32)8-13(20(14)28)10-31(3)9-11-4-5-11)22(33)17(12)24(35)27(15,38)25(36)19(23(21)34)26(29)37/h8,11-12,15,17,19,21,32,38H,4-7,9-10H2,1-3H3,(H2,29,37)/t12-,15-,17?,19?,21-,27-/m0/s1. The van der Waals surface area contributed by atoms with Gasteiger partial charge in [-0.3, -0.25) is 28.9 Å². The first-order valence-electron chi connectivity index (χ1n) is 12.8. The number of primary amides is 1. The van der Waals surface area contributed by atoms with Crippen molar-refractivity contribution in [1.29, 1.82) is 0 Å². The third-order valence-corrected chi connectivity index (χ3v) is 8.78. The minimum Gasteiger partial charge on any atom is -0.507 e. The number of phenolic OH excluding ortho intramolecular Hbond substituents is 1. The number of amides is 1. The van der Waals surface area contributed by atoms with Gasteiger partial charge in [0.2, 0.25) is 5.91 Å². The average molecular weight is 530 g/mol. The molecule has 0 spiro atoms. The third-order valence-electron chi connectivity index (χ3n) is 8.78. The summed E-state index contributed by atoms with van der Waals surface area (Å²) in [5.41, 5.74) is 2.41. The second kappa shape index (κ2) is 9.03. The lowest BCUT2D eigenvalue weighted by Gasteiger charge is -2.52. The second-order valence-corrected chi connectivity index (χ2v) is 11.7. The Morgan fingerprint density at radius 1 is 1.16 bits per heavy atom. The Kier molecular flexibility index (Phi) is 6.32. The molecule has 4 aliphatic rings. The Bertz CT molecular complexity index is 1280. The van der Waals surface area contributed by atoms with E-state index in [-0.39, 0.29) is 36.1 Å². The zero-order valence-electron chi connectivity index (χ0n) is 21.6. The summed E-state index contributed by atoms with van der Waals surface area (Å²) in [5, 5.41) is 22.3. The molecule has 0 aliphatic heterocycles. The molecular formula is C27H32FN3O7. The molecule has 3 fully saturated rings. The van der Waals surface area contributed by atoms with Crippen LogP contribution in [0.2, 0.25) is 0 Å². The number of nitrogens with two attached hydrogens (primary N) is 1. The lowest BCUT2D eigenvalue weighted by molar-refractivity contribution is -0.181. The van der Waals surface area contributed by atoms with Crippen LogP contribution in [0.15, 0.2) is 6.07 Å². The van der Waals surface area contributed by atoms with E-state index >= 15 is 4.39 Å². The first-order chi connectivity index (χ1) is 17.8. The molecule has 0 saturated heterocycles. The van der Waals surface area contributed by atoms with Crippen LogP contribution in [0.25, 0.3) is 0 Å². The largest absolute Gasteiger partial charge is 0.507 e. The van der Waals surface area contributed by atoms with E-state index in [4.69, 9.17) is 5.73 Å². The molecule has 0 bridgehead atoms. The number of halogens is 1. The van der Waals surface area contributed by atoms with Gasteiger partial charge in [-0.15, -0.1) is 0 Å². The van der Waals surface area contributed by atoms with Crippen LogP contribution in [0, 0.1) is 35.4 Å². The van der Waals surface area contributed by atoms with E-state index in [2.05, 4.69) is 0 Å². The van der Waals surface area contributed by atoms with Gasteiger partial charge in [-0.05, 0) is 64.7 Å². The molecule has 3 saturated carbocycles. The molecule has 38 heavy (non-hydrogen) atoms. The fourth-order valence-corrected chi connectivity index (χ4v) is 6.92. The highest BCUT2D eigenvalue weighted by Gasteiger charge is 2.69. The van der Waals surface area contributed by atoms with E-state index in [0.29, 0.717) is 5.92 Å². The Balaban J connectivity index is 1.55. The number of carbonyl (C=O) groups excluding carboxylic acids is 5. The lowest BCUT2D eigenvalue weighted by Crippen LogP contribution is -2.74. The maximum atomic E-state index is 15.8. The van der Waals surface area contributed by atoms with E-state index < -0.39 is 75.9 Å². The van der Waals surface area contributed by atoms with Gasteiger partial charge in [-0.25, -0.2) is 4.39 Å². The molecule has 0 heterocycles. The molecule has 11 heteroatoms. The number of hydrogen-bond acceptors (Lipinski definition) is 9. The molecular weight excluding hydrogens is 497 g/mol. The van der Waals surface area contributed by atoms with E-state index in [0.717, 1.165) is 19.4 Å². The van der Waals surface area contributed by atoms with Gasteiger partial charge >= 0.3 is 0 Å². The highest BCUT2D eigenvalue weighted by atomic mass is 19.1. The number of phenols is 1. The van der Waals surface area contributed by atoms with Crippen LogP contribution in [-0.4, -0.2) is 88.4 Å². The van der Waals surface area contributed by atoms with Crippen molar-refractivity contribution in [2.75, 3.05) is 27.7 Å². The summed E-state index contributed by atoms with van der Waals surface area (Å²) < 4.78 is 15.8.